The molecule has 5 nitrogen and oxygen atoms in total. The van der Waals surface area contributed by atoms with E-state index >= 15 is 0 Å². The van der Waals surface area contributed by atoms with E-state index in [-0.39, 0.29) is 17.9 Å². The number of hydrogen-bond acceptors (Lipinski definition) is 3. The first-order valence-electron chi connectivity index (χ1n) is 11.2. The number of piperazine rings is 1. The third-order valence-electron chi connectivity index (χ3n) is 6.03. The van der Waals surface area contributed by atoms with Crippen LogP contribution in [0.25, 0.3) is 0 Å². The fourth-order valence-corrected chi connectivity index (χ4v) is 4.78. The lowest BCUT2D eigenvalue weighted by molar-refractivity contribution is -0.131. The van der Waals surface area contributed by atoms with Crippen molar-refractivity contribution in [2.75, 3.05) is 29.9 Å². The highest BCUT2D eigenvalue weighted by atomic mass is 35.5. The summed E-state index contributed by atoms with van der Waals surface area (Å²) in [6, 6.07) is 21.2. The normalized spacial score (nSPS) is 15.8. The number of nitrogens with one attached hydrogen (secondary N) is 1. The molecule has 1 atom stereocenters. The van der Waals surface area contributed by atoms with Crippen LogP contribution in [0.15, 0.2) is 66.7 Å². The summed E-state index contributed by atoms with van der Waals surface area (Å²) in [7, 11) is 0. The Balaban J connectivity index is 1.54. The first-order valence-corrected chi connectivity index (χ1v) is 12.0. The molecule has 0 saturated carbocycles. The number of benzene rings is 3. The van der Waals surface area contributed by atoms with Gasteiger partial charge in [0.05, 0.1) is 23.2 Å². The summed E-state index contributed by atoms with van der Waals surface area (Å²) in [5, 5.41) is 4.13. The molecule has 34 heavy (non-hydrogen) atoms. The number of aryl methyl sites for hydroxylation is 1. The van der Waals surface area contributed by atoms with Gasteiger partial charge in [0.15, 0.2) is 0 Å². The van der Waals surface area contributed by atoms with Gasteiger partial charge in [0.1, 0.15) is 0 Å². The fourth-order valence-electron chi connectivity index (χ4n) is 4.31. The van der Waals surface area contributed by atoms with Crippen LogP contribution in [-0.4, -0.2) is 36.3 Å². The Labute approximate surface area is 210 Å². The summed E-state index contributed by atoms with van der Waals surface area (Å²) in [4.78, 5) is 28.6. The van der Waals surface area contributed by atoms with E-state index < -0.39 is 0 Å². The molecule has 3 aromatic carbocycles. The predicted molar refractivity (Wildman–Crippen MR) is 139 cm³/mol. The quantitative estimate of drug-likeness (QED) is 0.479. The van der Waals surface area contributed by atoms with Crippen LogP contribution >= 0.6 is 23.2 Å². The molecule has 0 aliphatic carbocycles. The molecule has 1 fully saturated rings. The third kappa shape index (κ3) is 5.72. The summed E-state index contributed by atoms with van der Waals surface area (Å²) in [5.74, 6) is -0.0514. The highest BCUT2D eigenvalue weighted by Crippen LogP contribution is 2.36. The highest BCUT2D eigenvalue weighted by Gasteiger charge is 2.31. The lowest BCUT2D eigenvalue weighted by atomic mass is 10.00. The predicted octanol–water partition coefficient (Wildman–Crippen LogP) is 5.89. The van der Waals surface area contributed by atoms with Crippen LogP contribution < -0.4 is 10.2 Å². The summed E-state index contributed by atoms with van der Waals surface area (Å²) < 4.78 is 0. The van der Waals surface area contributed by atoms with Crippen molar-refractivity contribution in [1.29, 1.82) is 0 Å². The fraction of sp³-hybridized carbons (Fsp3) is 0.259. The van der Waals surface area contributed by atoms with Gasteiger partial charge in [-0.2, -0.15) is 0 Å². The number of amides is 2. The molecule has 0 bridgehead atoms. The van der Waals surface area contributed by atoms with Crippen molar-refractivity contribution >= 4 is 46.4 Å². The number of hydrogen-bond donors (Lipinski definition) is 1. The molecule has 1 saturated heterocycles. The van der Waals surface area contributed by atoms with Crippen molar-refractivity contribution in [1.82, 2.24) is 4.90 Å². The molecule has 2 amide bonds. The maximum absolute atomic E-state index is 13.2. The van der Waals surface area contributed by atoms with E-state index in [2.05, 4.69) is 22.3 Å². The van der Waals surface area contributed by atoms with Crippen molar-refractivity contribution in [2.45, 2.75) is 26.3 Å². The Morgan fingerprint density at radius 3 is 2.32 bits per heavy atom. The van der Waals surface area contributed by atoms with Gasteiger partial charge in [-0.1, -0.05) is 53.5 Å². The number of carbonyl (C=O) groups excluding carboxylic acids is 2. The monoisotopic (exact) mass is 495 g/mol. The van der Waals surface area contributed by atoms with E-state index in [9.17, 15) is 9.59 Å². The molecule has 3 aromatic rings. The van der Waals surface area contributed by atoms with Crippen molar-refractivity contribution in [3.63, 3.8) is 0 Å². The van der Waals surface area contributed by atoms with E-state index in [0.29, 0.717) is 36.1 Å². The number of anilines is 2. The second kappa shape index (κ2) is 10.5. The molecule has 0 radical (unpaired) electrons. The molecule has 1 N–H and O–H groups in total. The standard InChI is InChI=1S/C27H27Cl2N3O2/c1-18-3-12-25(24(29)15-18)32-14-13-31(17-26(32)21-6-8-22(28)9-7-21)27(34)16-20-4-10-23(11-5-20)30-19(2)33/h3-12,15,26H,13-14,16-17H2,1-2H3,(H,30,33). The van der Waals surface area contributed by atoms with Crippen LogP contribution in [0, 0.1) is 6.92 Å². The van der Waals surface area contributed by atoms with Crippen molar-refractivity contribution < 1.29 is 9.59 Å². The van der Waals surface area contributed by atoms with Crippen LogP contribution in [-0.2, 0) is 16.0 Å². The zero-order valence-corrected chi connectivity index (χ0v) is 20.7. The van der Waals surface area contributed by atoms with Gasteiger partial charge in [0, 0.05) is 37.3 Å². The zero-order valence-electron chi connectivity index (χ0n) is 19.2. The molecule has 7 heteroatoms. The number of carbonyl (C=O) groups is 2. The molecule has 1 aliphatic heterocycles. The number of halogens is 2. The van der Waals surface area contributed by atoms with Crippen molar-refractivity contribution in [2.24, 2.45) is 0 Å². The molecule has 0 aromatic heterocycles. The molecular weight excluding hydrogens is 469 g/mol. The largest absolute Gasteiger partial charge is 0.360 e. The minimum absolute atomic E-state index is 0.0442. The van der Waals surface area contributed by atoms with E-state index in [1.54, 1.807) is 0 Å². The number of nitrogens with zero attached hydrogens (tertiary/aromatic N) is 2. The van der Waals surface area contributed by atoms with Gasteiger partial charge in [-0.05, 0) is 60.0 Å². The van der Waals surface area contributed by atoms with Crippen LogP contribution in [0.5, 0.6) is 0 Å². The van der Waals surface area contributed by atoms with Crippen LogP contribution in [0.4, 0.5) is 11.4 Å². The smallest absolute Gasteiger partial charge is 0.227 e. The Kier molecular flexibility index (Phi) is 7.44. The maximum Gasteiger partial charge on any atom is 0.227 e. The highest BCUT2D eigenvalue weighted by molar-refractivity contribution is 6.33. The molecule has 1 aliphatic rings. The lowest BCUT2D eigenvalue weighted by Crippen LogP contribution is -2.51. The van der Waals surface area contributed by atoms with Gasteiger partial charge in [0.2, 0.25) is 11.8 Å². The molecule has 0 spiro atoms. The average Bonchev–Trinajstić information content (AvgIpc) is 2.80. The summed E-state index contributed by atoms with van der Waals surface area (Å²) in [6.07, 6.45) is 0.305. The van der Waals surface area contributed by atoms with Crippen LogP contribution in [0.3, 0.4) is 0 Å². The van der Waals surface area contributed by atoms with Gasteiger partial charge in [-0.15, -0.1) is 0 Å². The average molecular weight is 496 g/mol. The minimum atomic E-state index is -0.122. The summed E-state index contributed by atoms with van der Waals surface area (Å²) in [6.45, 7) is 5.32. The van der Waals surface area contributed by atoms with Crippen LogP contribution in [0.1, 0.15) is 29.7 Å². The molecule has 176 valence electrons. The number of rotatable bonds is 5. The Morgan fingerprint density at radius 1 is 0.971 bits per heavy atom. The maximum atomic E-state index is 13.2. The van der Waals surface area contributed by atoms with E-state index in [1.807, 2.05) is 66.4 Å². The van der Waals surface area contributed by atoms with Crippen LogP contribution in [0.2, 0.25) is 10.0 Å². The minimum Gasteiger partial charge on any atom is -0.360 e. The third-order valence-corrected chi connectivity index (χ3v) is 6.58. The summed E-state index contributed by atoms with van der Waals surface area (Å²) >= 11 is 12.8. The molecular formula is C27H27Cl2N3O2. The van der Waals surface area contributed by atoms with E-state index in [1.165, 1.54) is 6.92 Å². The van der Waals surface area contributed by atoms with Gasteiger partial charge >= 0.3 is 0 Å². The molecule has 4 rings (SSSR count). The SMILES string of the molecule is CC(=O)Nc1ccc(CC(=O)N2CCN(c3ccc(C)cc3Cl)C(c3ccc(Cl)cc3)C2)cc1. The van der Waals surface area contributed by atoms with E-state index in [4.69, 9.17) is 23.2 Å². The first-order chi connectivity index (χ1) is 16.3. The second-order valence-electron chi connectivity index (χ2n) is 8.61. The van der Waals surface area contributed by atoms with Gasteiger partial charge in [-0.25, -0.2) is 0 Å². The zero-order chi connectivity index (χ0) is 24.2. The van der Waals surface area contributed by atoms with Crippen molar-refractivity contribution in [3.05, 3.63) is 93.5 Å². The first kappa shape index (κ1) is 24.1. The van der Waals surface area contributed by atoms with Crippen molar-refractivity contribution in [3.8, 4) is 0 Å². The topological polar surface area (TPSA) is 52.7 Å². The Bertz CT molecular complexity index is 1180. The Hall–Kier alpha value is -3.02. The van der Waals surface area contributed by atoms with Gasteiger partial charge in [0.25, 0.3) is 0 Å². The van der Waals surface area contributed by atoms with E-state index in [0.717, 1.165) is 28.1 Å². The summed E-state index contributed by atoms with van der Waals surface area (Å²) in [5.41, 5.74) is 4.78. The second-order valence-corrected chi connectivity index (χ2v) is 9.45. The lowest BCUT2D eigenvalue weighted by Gasteiger charge is -2.43. The van der Waals surface area contributed by atoms with Gasteiger partial charge < -0.3 is 15.1 Å². The molecule has 1 unspecified atom stereocenters. The molecule has 1 heterocycles. The van der Waals surface area contributed by atoms with Gasteiger partial charge in [-0.3, -0.25) is 9.59 Å². The Morgan fingerprint density at radius 2 is 1.68 bits per heavy atom.